The molecular formula is C20H18N2OS. The number of nitrogens with one attached hydrogen (secondary N) is 1. The van der Waals surface area contributed by atoms with Crippen LogP contribution in [0.5, 0.6) is 0 Å². The third kappa shape index (κ3) is 2.97. The van der Waals surface area contributed by atoms with Crippen LogP contribution < -0.4 is 5.32 Å². The number of nitrogens with zero attached hydrogens (tertiary/aromatic N) is 1. The van der Waals surface area contributed by atoms with Crippen molar-refractivity contribution >= 4 is 22.4 Å². The van der Waals surface area contributed by atoms with Gasteiger partial charge in [-0.1, -0.05) is 78.9 Å². The Morgan fingerprint density at radius 1 is 1.04 bits per heavy atom. The van der Waals surface area contributed by atoms with Crippen molar-refractivity contribution in [1.29, 1.82) is 0 Å². The van der Waals surface area contributed by atoms with Gasteiger partial charge in [-0.3, -0.25) is 4.79 Å². The third-order valence-electron chi connectivity index (χ3n) is 4.39. The van der Waals surface area contributed by atoms with Crippen molar-refractivity contribution in [3.8, 4) is 21.7 Å². The number of aromatic nitrogens is 1. The number of carbonyl (C=O) groups is 1. The molecule has 3 nitrogen and oxygen atoms in total. The maximum Gasteiger partial charge on any atom is 0.229 e. The minimum absolute atomic E-state index is 0.0930. The molecule has 0 spiro atoms. The molecule has 0 unspecified atom stereocenters. The van der Waals surface area contributed by atoms with Gasteiger partial charge in [0, 0.05) is 11.5 Å². The Morgan fingerprint density at radius 2 is 1.62 bits per heavy atom. The zero-order valence-corrected chi connectivity index (χ0v) is 14.2. The summed E-state index contributed by atoms with van der Waals surface area (Å²) in [5.74, 6) is 0.733. The second-order valence-corrected chi connectivity index (χ2v) is 7.24. The highest BCUT2D eigenvalue weighted by atomic mass is 32.1. The molecule has 0 aliphatic heterocycles. The number of anilines is 1. The van der Waals surface area contributed by atoms with Crippen molar-refractivity contribution in [2.45, 2.75) is 13.3 Å². The SMILES string of the molecule is C[C@@H]1C[C@@H]1C(=O)Nc1nc(-c2ccccc2)c(-c2ccccc2)s1. The van der Waals surface area contributed by atoms with Gasteiger partial charge in [0.25, 0.3) is 0 Å². The molecule has 4 rings (SSSR count). The topological polar surface area (TPSA) is 42.0 Å². The predicted octanol–water partition coefficient (Wildman–Crippen LogP) is 5.07. The van der Waals surface area contributed by atoms with Gasteiger partial charge in [-0.05, 0) is 17.9 Å². The van der Waals surface area contributed by atoms with Gasteiger partial charge in [0.1, 0.15) is 0 Å². The summed E-state index contributed by atoms with van der Waals surface area (Å²) in [6.45, 7) is 2.11. The Kier molecular flexibility index (Phi) is 3.90. The summed E-state index contributed by atoms with van der Waals surface area (Å²) in [5, 5.41) is 3.68. The largest absolute Gasteiger partial charge is 0.302 e. The summed E-state index contributed by atoms with van der Waals surface area (Å²) >= 11 is 1.54. The van der Waals surface area contributed by atoms with Gasteiger partial charge in [-0.15, -0.1) is 0 Å². The zero-order valence-electron chi connectivity index (χ0n) is 13.4. The number of hydrogen-bond donors (Lipinski definition) is 1. The van der Waals surface area contributed by atoms with E-state index in [1.54, 1.807) is 0 Å². The van der Waals surface area contributed by atoms with Crippen molar-refractivity contribution in [3.63, 3.8) is 0 Å². The monoisotopic (exact) mass is 334 g/mol. The third-order valence-corrected chi connectivity index (χ3v) is 5.41. The van der Waals surface area contributed by atoms with Crippen LogP contribution in [0.25, 0.3) is 21.7 Å². The predicted molar refractivity (Wildman–Crippen MR) is 98.9 cm³/mol. The van der Waals surface area contributed by atoms with Gasteiger partial charge >= 0.3 is 0 Å². The highest BCUT2D eigenvalue weighted by molar-refractivity contribution is 7.19. The molecule has 1 aliphatic carbocycles. The lowest BCUT2D eigenvalue weighted by atomic mass is 10.1. The Hall–Kier alpha value is -2.46. The smallest absolute Gasteiger partial charge is 0.229 e. The van der Waals surface area contributed by atoms with Crippen LogP contribution in [0.4, 0.5) is 5.13 Å². The van der Waals surface area contributed by atoms with Crippen molar-refractivity contribution in [3.05, 3.63) is 60.7 Å². The van der Waals surface area contributed by atoms with Gasteiger partial charge < -0.3 is 5.32 Å². The fourth-order valence-corrected chi connectivity index (χ4v) is 3.83. The molecule has 3 aromatic rings. The molecule has 24 heavy (non-hydrogen) atoms. The quantitative estimate of drug-likeness (QED) is 0.723. The van der Waals surface area contributed by atoms with E-state index in [1.165, 1.54) is 11.3 Å². The standard InChI is InChI=1S/C20H18N2OS/c1-13-12-16(13)19(23)22-20-21-17(14-8-4-2-5-9-14)18(24-20)15-10-6-3-7-11-15/h2-11,13,16H,12H2,1H3,(H,21,22,23)/t13-,16+/m1/s1. The number of carbonyl (C=O) groups excluding carboxylic acids is 1. The molecule has 2 aromatic carbocycles. The van der Waals surface area contributed by atoms with E-state index in [0.29, 0.717) is 11.0 Å². The molecule has 1 heterocycles. The van der Waals surface area contributed by atoms with Crippen molar-refractivity contribution < 1.29 is 4.79 Å². The number of hydrogen-bond acceptors (Lipinski definition) is 3. The lowest BCUT2D eigenvalue weighted by Crippen LogP contribution is -2.14. The van der Waals surface area contributed by atoms with E-state index in [4.69, 9.17) is 4.98 Å². The van der Waals surface area contributed by atoms with E-state index < -0.39 is 0 Å². The van der Waals surface area contributed by atoms with Gasteiger partial charge in [-0.25, -0.2) is 4.98 Å². The molecule has 1 aliphatic rings. The minimum Gasteiger partial charge on any atom is -0.302 e. The summed E-state index contributed by atoms with van der Waals surface area (Å²) in [6, 6.07) is 20.3. The number of thiazole rings is 1. The van der Waals surface area contributed by atoms with Crippen molar-refractivity contribution in [2.75, 3.05) is 5.32 Å². The Morgan fingerprint density at radius 3 is 2.21 bits per heavy atom. The highest BCUT2D eigenvalue weighted by Gasteiger charge is 2.39. The highest BCUT2D eigenvalue weighted by Crippen LogP contribution is 2.41. The normalized spacial score (nSPS) is 19.0. The van der Waals surface area contributed by atoms with Gasteiger partial charge in [0.15, 0.2) is 5.13 Å². The summed E-state index contributed by atoms with van der Waals surface area (Å²) < 4.78 is 0. The molecule has 1 N–H and O–H groups in total. The maximum atomic E-state index is 12.2. The van der Waals surface area contributed by atoms with E-state index >= 15 is 0 Å². The molecular weight excluding hydrogens is 316 g/mol. The van der Waals surface area contributed by atoms with Crippen LogP contribution in [0, 0.1) is 11.8 Å². The molecule has 120 valence electrons. The first kappa shape index (κ1) is 15.1. The van der Waals surface area contributed by atoms with Crippen LogP contribution in [0.15, 0.2) is 60.7 Å². The second-order valence-electron chi connectivity index (χ2n) is 6.24. The van der Waals surface area contributed by atoms with Gasteiger partial charge in [0.2, 0.25) is 5.91 Å². The number of benzene rings is 2. The van der Waals surface area contributed by atoms with Gasteiger partial charge in [-0.2, -0.15) is 0 Å². The van der Waals surface area contributed by atoms with E-state index in [-0.39, 0.29) is 11.8 Å². The molecule has 0 saturated heterocycles. The molecule has 1 fully saturated rings. The van der Waals surface area contributed by atoms with E-state index in [2.05, 4.69) is 36.5 Å². The van der Waals surface area contributed by atoms with E-state index in [1.807, 2.05) is 36.4 Å². The summed E-state index contributed by atoms with van der Waals surface area (Å²) in [5.41, 5.74) is 3.10. The number of rotatable bonds is 4. The maximum absolute atomic E-state index is 12.2. The lowest BCUT2D eigenvalue weighted by Gasteiger charge is -2.02. The van der Waals surface area contributed by atoms with Gasteiger partial charge in [0.05, 0.1) is 10.6 Å². The fourth-order valence-electron chi connectivity index (χ4n) is 2.84. The first-order chi connectivity index (χ1) is 11.7. The molecule has 2 atom stereocenters. The summed E-state index contributed by atoms with van der Waals surface area (Å²) in [7, 11) is 0. The average Bonchev–Trinajstić information content (AvgIpc) is 3.21. The Bertz CT molecular complexity index is 801. The van der Waals surface area contributed by atoms with Crippen LogP contribution >= 0.6 is 11.3 Å². The van der Waals surface area contributed by atoms with Crippen LogP contribution in [0.3, 0.4) is 0 Å². The zero-order chi connectivity index (χ0) is 16.5. The van der Waals surface area contributed by atoms with E-state index in [0.717, 1.165) is 28.1 Å². The molecule has 4 heteroatoms. The minimum atomic E-state index is 0.0930. The van der Waals surface area contributed by atoms with Crippen LogP contribution in [0.2, 0.25) is 0 Å². The molecule has 0 radical (unpaired) electrons. The Balaban J connectivity index is 1.72. The second kappa shape index (κ2) is 6.21. The van der Waals surface area contributed by atoms with E-state index in [9.17, 15) is 4.79 Å². The first-order valence-corrected chi connectivity index (χ1v) is 8.96. The van der Waals surface area contributed by atoms with Crippen LogP contribution in [0.1, 0.15) is 13.3 Å². The summed E-state index contributed by atoms with van der Waals surface area (Å²) in [4.78, 5) is 18.0. The Labute approximate surface area is 145 Å². The fraction of sp³-hybridized carbons (Fsp3) is 0.200. The number of amides is 1. The average molecular weight is 334 g/mol. The molecule has 1 saturated carbocycles. The van der Waals surface area contributed by atoms with Crippen molar-refractivity contribution in [1.82, 2.24) is 4.98 Å². The first-order valence-electron chi connectivity index (χ1n) is 8.15. The lowest BCUT2D eigenvalue weighted by molar-refractivity contribution is -0.117. The summed E-state index contributed by atoms with van der Waals surface area (Å²) in [6.07, 6.45) is 0.980. The molecule has 1 aromatic heterocycles. The molecule has 0 bridgehead atoms. The van der Waals surface area contributed by atoms with Crippen LogP contribution in [-0.4, -0.2) is 10.9 Å². The van der Waals surface area contributed by atoms with Crippen molar-refractivity contribution in [2.24, 2.45) is 11.8 Å². The van der Waals surface area contributed by atoms with Crippen LogP contribution in [-0.2, 0) is 4.79 Å². The molecule has 1 amide bonds.